The van der Waals surface area contributed by atoms with E-state index in [-0.39, 0.29) is 5.91 Å². The highest BCUT2D eigenvalue weighted by Gasteiger charge is 2.59. The first kappa shape index (κ1) is 14.1. The van der Waals surface area contributed by atoms with Crippen molar-refractivity contribution in [2.45, 2.75) is 18.6 Å². The largest absolute Gasteiger partial charge is 0.481 e. The summed E-state index contributed by atoms with van der Waals surface area (Å²) in [5.41, 5.74) is -0.344. The summed E-state index contributed by atoms with van der Waals surface area (Å²) in [5, 5.41) is 12.6. The van der Waals surface area contributed by atoms with Gasteiger partial charge in [0, 0.05) is 10.7 Å². The summed E-state index contributed by atoms with van der Waals surface area (Å²) in [5.74, 6) is -3.05. The molecular weight excluding hydrogens is 294 g/mol. The third kappa shape index (κ3) is 2.32. The van der Waals surface area contributed by atoms with E-state index in [9.17, 15) is 14.7 Å². The quantitative estimate of drug-likeness (QED) is 0.840. The molecule has 0 unspecified atom stereocenters. The summed E-state index contributed by atoms with van der Waals surface area (Å²) in [6.45, 7) is 1.73. The lowest BCUT2D eigenvalue weighted by molar-refractivity contribution is -0.146. The Labute approximate surface area is 126 Å². The lowest BCUT2D eigenvalue weighted by Crippen LogP contribution is -2.44. The number of carboxylic acids is 1. The Morgan fingerprint density at radius 2 is 2.19 bits per heavy atom. The molecule has 0 aromatic heterocycles. The first-order valence-corrected chi connectivity index (χ1v) is 6.95. The maximum Gasteiger partial charge on any atom is 0.310 e. The molecule has 4 atom stereocenters. The number of fused-ring (bicyclic) bond motifs is 2. The second kappa shape index (κ2) is 4.86. The monoisotopic (exact) mass is 307 g/mol. The number of anilines is 1. The summed E-state index contributed by atoms with van der Waals surface area (Å²) in [6, 6.07) is 6.72. The zero-order chi connectivity index (χ0) is 15.2. The average Bonchev–Trinajstić information content (AvgIpc) is 2.91. The van der Waals surface area contributed by atoms with Crippen LogP contribution in [0.25, 0.3) is 0 Å². The number of hydrogen-bond donors (Lipinski definition) is 2. The van der Waals surface area contributed by atoms with E-state index in [0.717, 1.165) is 0 Å². The summed E-state index contributed by atoms with van der Waals surface area (Å²) in [6.07, 6.45) is 2.92. The van der Waals surface area contributed by atoms with Crippen molar-refractivity contribution in [3.05, 3.63) is 41.4 Å². The molecule has 6 heteroatoms. The molecule has 1 aromatic carbocycles. The van der Waals surface area contributed by atoms with Crippen molar-refractivity contribution in [1.82, 2.24) is 0 Å². The van der Waals surface area contributed by atoms with Gasteiger partial charge < -0.3 is 15.2 Å². The van der Waals surface area contributed by atoms with Gasteiger partial charge in [0.1, 0.15) is 5.92 Å². The zero-order valence-electron chi connectivity index (χ0n) is 11.2. The molecule has 2 N–H and O–H groups in total. The maximum atomic E-state index is 12.5. The molecule has 5 nitrogen and oxygen atoms in total. The van der Waals surface area contributed by atoms with Gasteiger partial charge in [-0.15, -0.1) is 0 Å². The van der Waals surface area contributed by atoms with Gasteiger partial charge in [0.2, 0.25) is 5.91 Å². The summed E-state index contributed by atoms with van der Waals surface area (Å²) >= 11 is 5.88. The maximum absolute atomic E-state index is 12.5. The molecule has 0 saturated carbocycles. The highest BCUT2D eigenvalue weighted by molar-refractivity contribution is 6.30. The van der Waals surface area contributed by atoms with E-state index in [1.807, 2.05) is 0 Å². The number of halogens is 1. The Morgan fingerprint density at radius 1 is 1.43 bits per heavy atom. The predicted molar refractivity (Wildman–Crippen MR) is 77.1 cm³/mol. The Kier molecular flexibility index (Phi) is 3.26. The third-order valence-electron chi connectivity index (χ3n) is 4.00. The topological polar surface area (TPSA) is 75.6 Å². The number of amides is 1. The van der Waals surface area contributed by atoms with Crippen molar-refractivity contribution in [3.8, 4) is 0 Å². The standard InChI is InChI=1S/C15H14ClNO4/c1-15-6-5-10(21-15)11(14(19)20)12(15)13(18)17-9-4-2-3-8(16)7-9/h2-7,10-12H,1H3,(H,17,18)(H,19,20)/t10-,11+,12-,15+/m1/s1. The molecule has 21 heavy (non-hydrogen) atoms. The van der Waals surface area contributed by atoms with E-state index in [4.69, 9.17) is 16.3 Å². The van der Waals surface area contributed by atoms with E-state index in [1.165, 1.54) is 0 Å². The molecule has 2 heterocycles. The van der Waals surface area contributed by atoms with Crippen molar-refractivity contribution in [1.29, 1.82) is 0 Å². The van der Waals surface area contributed by atoms with Crippen molar-refractivity contribution in [2.24, 2.45) is 11.8 Å². The number of aliphatic carboxylic acids is 1. The van der Waals surface area contributed by atoms with Crippen LogP contribution in [-0.4, -0.2) is 28.7 Å². The molecule has 2 aliphatic rings. The zero-order valence-corrected chi connectivity index (χ0v) is 12.0. The highest BCUT2D eigenvalue weighted by atomic mass is 35.5. The van der Waals surface area contributed by atoms with Gasteiger partial charge in [-0.1, -0.05) is 29.8 Å². The molecule has 1 fully saturated rings. The van der Waals surface area contributed by atoms with Crippen LogP contribution in [0.2, 0.25) is 5.02 Å². The number of carbonyl (C=O) groups is 2. The fourth-order valence-electron chi connectivity index (χ4n) is 3.07. The van der Waals surface area contributed by atoms with Crippen molar-refractivity contribution < 1.29 is 19.4 Å². The van der Waals surface area contributed by atoms with Crippen LogP contribution in [0.4, 0.5) is 5.69 Å². The molecule has 0 radical (unpaired) electrons. The predicted octanol–water partition coefficient (Wildman–Crippen LogP) is 2.32. The van der Waals surface area contributed by atoms with Crippen LogP contribution in [0.15, 0.2) is 36.4 Å². The number of rotatable bonds is 3. The number of nitrogens with one attached hydrogen (secondary N) is 1. The molecule has 110 valence electrons. The summed E-state index contributed by atoms with van der Waals surface area (Å²) in [7, 11) is 0. The molecule has 1 saturated heterocycles. The molecule has 1 aromatic rings. The van der Waals surface area contributed by atoms with Gasteiger partial charge in [0.25, 0.3) is 0 Å². The Balaban J connectivity index is 1.86. The van der Waals surface area contributed by atoms with Gasteiger partial charge in [-0.05, 0) is 25.1 Å². The second-order valence-corrected chi connectivity index (χ2v) is 5.90. The van der Waals surface area contributed by atoms with Gasteiger partial charge in [-0.3, -0.25) is 9.59 Å². The van der Waals surface area contributed by atoms with Crippen LogP contribution in [0.5, 0.6) is 0 Å². The van der Waals surface area contributed by atoms with E-state index in [0.29, 0.717) is 10.7 Å². The normalized spacial score (nSPS) is 33.1. The Morgan fingerprint density at radius 3 is 2.86 bits per heavy atom. The summed E-state index contributed by atoms with van der Waals surface area (Å²) < 4.78 is 5.65. The fourth-order valence-corrected chi connectivity index (χ4v) is 3.26. The molecular formula is C15H14ClNO4. The second-order valence-electron chi connectivity index (χ2n) is 5.47. The van der Waals surface area contributed by atoms with E-state index < -0.39 is 29.5 Å². The number of carbonyl (C=O) groups excluding carboxylic acids is 1. The van der Waals surface area contributed by atoms with Gasteiger partial charge in [-0.25, -0.2) is 0 Å². The van der Waals surface area contributed by atoms with Crippen LogP contribution < -0.4 is 5.32 Å². The minimum Gasteiger partial charge on any atom is -0.481 e. The lowest BCUT2D eigenvalue weighted by Gasteiger charge is -2.27. The van der Waals surface area contributed by atoms with Gasteiger partial charge >= 0.3 is 5.97 Å². The lowest BCUT2D eigenvalue weighted by atomic mass is 9.75. The Hall–Kier alpha value is -1.85. The first-order chi connectivity index (χ1) is 9.90. The molecule has 3 rings (SSSR count). The van der Waals surface area contributed by atoms with Crippen molar-refractivity contribution >= 4 is 29.2 Å². The smallest absolute Gasteiger partial charge is 0.310 e. The highest BCUT2D eigenvalue weighted by Crippen LogP contribution is 2.47. The number of benzene rings is 1. The van der Waals surface area contributed by atoms with E-state index in [2.05, 4.69) is 5.32 Å². The van der Waals surface area contributed by atoms with Gasteiger partial charge in [0.05, 0.1) is 17.6 Å². The summed E-state index contributed by atoms with van der Waals surface area (Å²) in [4.78, 5) is 23.9. The molecule has 0 aliphatic carbocycles. The Bertz CT molecular complexity index is 644. The van der Waals surface area contributed by atoms with Crippen LogP contribution in [0, 0.1) is 11.8 Å². The van der Waals surface area contributed by atoms with Crippen LogP contribution in [0.3, 0.4) is 0 Å². The van der Waals surface area contributed by atoms with Gasteiger partial charge in [0.15, 0.2) is 0 Å². The van der Waals surface area contributed by atoms with E-state index >= 15 is 0 Å². The molecule has 0 spiro atoms. The third-order valence-corrected chi connectivity index (χ3v) is 4.23. The molecule has 2 aliphatic heterocycles. The van der Waals surface area contributed by atoms with Crippen LogP contribution in [-0.2, 0) is 14.3 Å². The van der Waals surface area contributed by atoms with E-state index in [1.54, 1.807) is 43.3 Å². The fraction of sp³-hybridized carbons (Fsp3) is 0.333. The van der Waals surface area contributed by atoms with Gasteiger partial charge in [-0.2, -0.15) is 0 Å². The molecule has 2 bridgehead atoms. The minimum atomic E-state index is -1.03. The number of carboxylic acid groups (broad SMARTS) is 1. The SMILES string of the molecule is C[C@@]12C=C[C@@H](O1)[C@H](C(=O)O)[C@@H]2C(=O)Nc1cccc(Cl)c1. The number of hydrogen-bond acceptors (Lipinski definition) is 3. The van der Waals surface area contributed by atoms with Crippen molar-refractivity contribution in [2.75, 3.05) is 5.32 Å². The molecule has 1 amide bonds. The van der Waals surface area contributed by atoms with Crippen LogP contribution >= 0.6 is 11.6 Å². The van der Waals surface area contributed by atoms with Crippen molar-refractivity contribution in [3.63, 3.8) is 0 Å². The average molecular weight is 308 g/mol. The first-order valence-electron chi connectivity index (χ1n) is 6.57. The van der Waals surface area contributed by atoms with Crippen LogP contribution in [0.1, 0.15) is 6.92 Å². The number of ether oxygens (including phenoxy) is 1. The minimum absolute atomic E-state index is 0.376.